The first kappa shape index (κ1) is 20.5. The molecule has 3 aliphatic heterocycles. The Morgan fingerprint density at radius 2 is 1.88 bits per heavy atom. The average Bonchev–Trinajstić information content (AvgIpc) is 3.26. The second-order valence-corrected chi connectivity index (χ2v) is 8.19. The Kier molecular flexibility index (Phi) is 4.69. The van der Waals surface area contributed by atoms with Crippen molar-refractivity contribution in [2.75, 3.05) is 0 Å². The number of hydrogen-bond acceptors (Lipinski definition) is 4. The van der Waals surface area contributed by atoms with E-state index >= 15 is 0 Å². The zero-order valence-corrected chi connectivity index (χ0v) is 17.3. The molecule has 0 bridgehead atoms. The van der Waals surface area contributed by atoms with Gasteiger partial charge in [0.2, 0.25) is 0 Å². The normalized spacial score (nSPS) is 26.8. The van der Waals surface area contributed by atoms with Crippen LogP contribution in [0, 0.1) is 0 Å². The first-order chi connectivity index (χ1) is 15.3. The maximum Gasteiger partial charge on any atom is 0.416 e. The van der Waals surface area contributed by atoms with Crippen molar-refractivity contribution in [3.63, 3.8) is 0 Å². The Hall–Kier alpha value is -3.42. The van der Waals surface area contributed by atoms with Crippen molar-refractivity contribution in [1.29, 1.82) is 0 Å². The van der Waals surface area contributed by atoms with Crippen LogP contribution in [0.2, 0.25) is 0 Å². The lowest BCUT2D eigenvalue weighted by molar-refractivity contribution is -0.137. The number of azo groups is 1. The molecule has 2 aromatic rings. The van der Waals surface area contributed by atoms with Crippen molar-refractivity contribution >= 4 is 5.91 Å². The van der Waals surface area contributed by atoms with Gasteiger partial charge in [0.1, 0.15) is 0 Å². The predicted octanol–water partition coefficient (Wildman–Crippen LogP) is 5.15. The van der Waals surface area contributed by atoms with Crippen LogP contribution in [0.3, 0.4) is 0 Å². The first-order valence-electron chi connectivity index (χ1n) is 10.5. The summed E-state index contributed by atoms with van der Waals surface area (Å²) in [7, 11) is 0. The van der Waals surface area contributed by atoms with Crippen LogP contribution < -0.4 is 10.6 Å². The smallest absolute Gasteiger partial charge is 0.362 e. The highest BCUT2D eigenvalue weighted by Crippen LogP contribution is 2.52. The fourth-order valence-electron chi connectivity index (χ4n) is 5.11. The van der Waals surface area contributed by atoms with E-state index in [2.05, 4.69) is 20.9 Å². The van der Waals surface area contributed by atoms with Gasteiger partial charge in [0.15, 0.2) is 6.17 Å². The largest absolute Gasteiger partial charge is 0.416 e. The SMILES string of the molecule is CC[C@@]1(c2cccc(C(F)(F)F)c2)C2=CN=NC2NC2=C1C(=O)N[C@@H](c1ccccc1)C2. The Bertz CT molecular complexity index is 1170. The molecule has 3 aliphatic rings. The molecule has 0 aromatic heterocycles. The van der Waals surface area contributed by atoms with Gasteiger partial charge in [-0.25, -0.2) is 0 Å². The molecule has 1 amide bonds. The van der Waals surface area contributed by atoms with E-state index in [0.29, 0.717) is 35.2 Å². The Morgan fingerprint density at radius 3 is 2.59 bits per heavy atom. The van der Waals surface area contributed by atoms with Crippen LogP contribution in [0.1, 0.15) is 42.5 Å². The highest BCUT2D eigenvalue weighted by Gasteiger charge is 2.52. The van der Waals surface area contributed by atoms with E-state index in [1.54, 1.807) is 12.3 Å². The summed E-state index contributed by atoms with van der Waals surface area (Å²) in [6.07, 6.45) is -2.54. The summed E-state index contributed by atoms with van der Waals surface area (Å²) in [6, 6.07) is 14.6. The van der Waals surface area contributed by atoms with Crippen LogP contribution in [-0.2, 0) is 16.4 Å². The topological polar surface area (TPSA) is 65.8 Å². The number of hydrogen-bond donors (Lipinski definition) is 2. The molecule has 0 saturated heterocycles. The van der Waals surface area contributed by atoms with Crippen LogP contribution in [0.4, 0.5) is 13.2 Å². The minimum Gasteiger partial charge on any atom is -0.362 e. The molecule has 32 heavy (non-hydrogen) atoms. The van der Waals surface area contributed by atoms with E-state index < -0.39 is 23.3 Å². The van der Waals surface area contributed by atoms with Gasteiger partial charge in [-0.3, -0.25) is 4.79 Å². The lowest BCUT2D eigenvalue weighted by Crippen LogP contribution is -2.53. The molecular weight excluding hydrogens is 417 g/mol. The van der Waals surface area contributed by atoms with Crippen LogP contribution in [0.5, 0.6) is 0 Å². The fourth-order valence-corrected chi connectivity index (χ4v) is 5.11. The zero-order chi connectivity index (χ0) is 22.5. The summed E-state index contributed by atoms with van der Waals surface area (Å²) in [5.74, 6) is -0.293. The third kappa shape index (κ3) is 3.04. The summed E-state index contributed by atoms with van der Waals surface area (Å²) in [4.78, 5) is 13.5. The number of carbonyl (C=O) groups excluding carboxylic acids is 1. The summed E-state index contributed by atoms with van der Waals surface area (Å²) >= 11 is 0. The number of fused-ring (bicyclic) bond motifs is 1. The van der Waals surface area contributed by atoms with Crippen LogP contribution >= 0.6 is 0 Å². The molecule has 2 N–H and O–H groups in total. The molecular formula is C24H21F3N4O. The van der Waals surface area contributed by atoms with Crippen molar-refractivity contribution in [2.45, 2.75) is 43.6 Å². The van der Waals surface area contributed by atoms with Gasteiger partial charge in [0.05, 0.1) is 28.8 Å². The van der Waals surface area contributed by atoms with Gasteiger partial charge < -0.3 is 10.6 Å². The third-order valence-electron chi connectivity index (χ3n) is 6.56. The lowest BCUT2D eigenvalue weighted by Gasteiger charge is -2.46. The minimum atomic E-state index is -4.49. The van der Waals surface area contributed by atoms with Crippen LogP contribution in [-0.4, -0.2) is 12.1 Å². The summed E-state index contributed by atoms with van der Waals surface area (Å²) in [5.41, 5.74) is 1.41. The summed E-state index contributed by atoms with van der Waals surface area (Å²) < 4.78 is 40.6. The molecule has 3 atom stereocenters. The standard InChI is InChI=1S/C24H21F3N4O/c1-2-23(15-9-6-10-16(11-15)24(25,26)27)17-13-28-31-21(17)29-19-12-18(30-22(32)20(19)23)14-7-4-3-5-8-14/h3-11,13,18,21,29H,2,12H2,1H3,(H,30,32)/t18-,21?,23-/m1/s1. The highest BCUT2D eigenvalue weighted by molar-refractivity contribution is 5.99. The molecule has 1 unspecified atom stereocenters. The molecule has 0 aliphatic carbocycles. The van der Waals surface area contributed by atoms with E-state index in [9.17, 15) is 18.0 Å². The van der Waals surface area contributed by atoms with Crippen molar-refractivity contribution in [2.24, 2.45) is 10.2 Å². The monoisotopic (exact) mass is 438 g/mol. The fraction of sp³-hybridized carbons (Fsp3) is 0.292. The molecule has 0 saturated carbocycles. The lowest BCUT2D eigenvalue weighted by atomic mass is 9.62. The second kappa shape index (κ2) is 7.32. The van der Waals surface area contributed by atoms with Gasteiger partial charge in [-0.15, -0.1) is 0 Å². The van der Waals surface area contributed by atoms with Crippen molar-refractivity contribution < 1.29 is 18.0 Å². The zero-order valence-electron chi connectivity index (χ0n) is 17.3. The molecule has 0 radical (unpaired) electrons. The molecule has 3 heterocycles. The quantitative estimate of drug-likeness (QED) is 0.696. The number of carbonyl (C=O) groups is 1. The molecule has 164 valence electrons. The molecule has 5 rings (SSSR count). The van der Waals surface area contributed by atoms with Crippen LogP contribution in [0.25, 0.3) is 0 Å². The van der Waals surface area contributed by atoms with E-state index in [-0.39, 0.29) is 11.9 Å². The molecule has 8 heteroatoms. The van der Waals surface area contributed by atoms with E-state index in [1.807, 2.05) is 37.3 Å². The van der Waals surface area contributed by atoms with Crippen molar-refractivity contribution in [3.8, 4) is 0 Å². The molecule has 0 fully saturated rings. The van der Waals surface area contributed by atoms with Gasteiger partial charge in [-0.1, -0.05) is 55.5 Å². The van der Waals surface area contributed by atoms with Gasteiger partial charge in [-0.05, 0) is 23.6 Å². The number of rotatable bonds is 3. The van der Waals surface area contributed by atoms with Gasteiger partial charge in [0, 0.05) is 17.7 Å². The predicted molar refractivity (Wildman–Crippen MR) is 112 cm³/mol. The van der Waals surface area contributed by atoms with Gasteiger partial charge >= 0.3 is 6.18 Å². The number of nitrogens with one attached hydrogen (secondary N) is 2. The second-order valence-electron chi connectivity index (χ2n) is 8.19. The Balaban J connectivity index is 1.69. The molecule has 5 nitrogen and oxygen atoms in total. The Morgan fingerprint density at radius 1 is 1.09 bits per heavy atom. The van der Waals surface area contributed by atoms with E-state index in [1.165, 1.54) is 6.07 Å². The molecule has 0 spiro atoms. The number of amides is 1. The van der Waals surface area contributed by atoms with Crippen molar-refractivity contribution in [3.05, 3.63) is 94.3 Å². The number of halogens is 3. The molecule has 2 aromatic carbocycles. The van der Waals surface area contributed by atoms with Gasteiger partial charge in [-0.2, -0.15) is 23.4 Å². The van der Waals surface area contributed by atoms with Crippen molar-refractivity contribution in [1.82, 2.24) is 10.6 Å². The summed E-state index contributed by atoms with van der Waals surface area (Å²) in [6.45, 7) is 1.88. The maximum absolute atomic E-state index is 13.5. The minimum absolute atomic E-state index is 0.241. The number of benzene rings is 2. The van der Waals surface area contributed by atoms with Crippen LogP contribution in [0.15, 0.2) is 87.9 Å². The van der Waals surface area contributed by atoms with E-state index in [0.717, 1.165) is 17.7 Å². The maximum atomic E-state index is 13.5. The highest BCUT2D eigenvalue weighted by atomic mass is 19.4. The van der Waals surface area contributed by atoms with Gasteiger partial charge in [0.25, 0.3) is 5.91 Å². The first-order valence-corrected chi connectivity index (χ1v) is 10.5. The number of alkyl halides is 3. The third-order valence-corrected chi connectivity index (χ3v) is 6.56. The number of nitrogens with zero attached hydrogens (tertiary/aromatic N) is 2. The Labute approximate surface area is 183 Å². The summed E-state index contributed by atoms with van der Waals surface area (Å²) in [5, 5.41) is 14.7. The van der Waals surface area contributed by atoms with E-state index in [4.69, 9.17) is 0 Å². The average molecular weight is 438 g/mol.